The number of hydrogen-bond donors (Lipinski definition) is 1. The van der Waals surface area contributed by atoms with Crippen LogP contribution in [0, 0.1) is 0 Å². The number of carbonyl (C=O) groups excluding carboxylic acids is 2. The van der Waals surface area contributed by atoms with E-state index in [2.05, 4.69) is 10.2 Å². The molecule has 8 nitrogen and oxygen atoms in total. The fraction of sp³-hybridized carbons (Fsp3) is 0.261. The molecule has 0 saturated carbocycles. The van der Waals surface area contributed by atoms with E-state index in [9.17, 15) is 9.59 Å². The summed E-state index contributed by atoms with van der Waals surface area (Å²) in [6, 6.07) is 12.5. The smallest absolute Gasteiger partial charge is 0.270 e. The Labute approximate surface area is 191 Å². The number of carbonyl (C=O) groups is 2. The molecular formula is C23H23N3O5S. The quantitative estimate of drug-likeness (QED) is 0.423. The lowest BCUT2D eigenvalue weighted by Crippen LogP contribution is -2.54. The van der Waals surface area contributed by atoms with E-state index in [1.165, 1.54) is 11.0 Å². The summed E-state index contributed by atoms with van der Waals surface area (Å²) < 4.78 is 16.1. The summed E-state index contributed by atoms with van der Waals surface area (Å²) in [4.78, 5) is 29.3. The summed E-state index contributed by atoms with van der Waals surface area (Å²) >= 11 is 5.25. The predicted octanol–water partition coefficient (Wildman–Crippen LogP) is 2.37. The molecule has 0 bridgehead atoms. The van der Waals surface area contributed by atoms with Crippen LogP contribution in [0.15, 0.2) is 48.0 Å². The van der Waals surface area contributed by atoms with Crippen molar-refractivity contribution in [3.05, 3.63) is 53.6 Å². The number of nitrogens with one attached hydrogen (secondary N) is 1. The van der Waals surface area contributed by atoms with Crippen LogP contribution in [0.25, 0.3) is 6.08 Å². The van der Waals surface area contributed by atoms with Gasteiger partial charge in [-0.3, -0.25) is 19.8 Å². The number of methoxy groups -OCH3 is 2. The summed E-state index contributed by atoms with van der Waals surface area (Å²) in [6.45, 7) is 2.92. The average molecular weight is 454 g/mol. The van der Waals surface area contributed by atoms with Crippen LogP contribution in [0.4, 0.5) is 11.4 Å². The van der Waals surface area contributed by atoms with Crippen molar-refractivity contribution in [2.45, 2.75) is 0 Å². The zero-order valence-electron chi connectivity index (χ0n) is 17.8. The topological polar surface area (TPSA) is 80.3 Å². The van der Waals surface area contributed by atoms with Gasteiger partial charge in [-0.15, -0.1) is 0 Å². The van der Waals surface area contributed by atoms with Gasteiger partial charge in [-0.25, -0.2) is 0 Å². The molecule has 2 saturated heterocycles. The van der Waals surface area contributed by atoms with Gasteiger partial charge in [0.05, 0.1) is 33.1 Å². The first-order chi connectivity index (χ1) is 15.5. The minimum Gasteiger partial charge on any atom is -0.497 e. The molecule has 2 aromatic rings. The summed E-state index contributed by atoms with van der Waals surface area (Å²) in [5.41, 5.74) is 2.10. The summed E-state index contributed by atoms with van der Waals surface area (Å²) in [7, 11) is 3.12. The number of benzene rings is 2. The van der Waals surface area contributed by atoms with Crippen LogP contribution < -0.4 is 24.6 Å². The van der Waals surface area contributed by atoms with E-state index in [-0.39, 0.29) is 10.7 Å². The Morgan fingerprint density at radius 3 is 2.34 bits per heavy atom. The first-order valence-corrected chi connectivity index (χ1v) is 10.5. The van der Waals surface area contributed by atoms with Crippen molar-refractivity contribution in [1.82, 2.24) is 5.32 Å². The fourth-order valence-corrected chi connectivity index (χ4v) is 3.90. The molecule has 0 spiro atoms. The third-order valence-electron chi connectivity index (χ3n) is 5.33. The lowest BCUT2D eigenvalue weighted by Gasteiger charge is -2.30. The molecule has 2 aromatic carbocycles. The second-order valence-corrected chi connectivity index (χ2v) is 7.57. The van der Waals surface area contributed by atoms with E-state index in [4.69, 9.17) is 26.4 Å². The van der Waals surface area contributed by atoms with E-state index < -0.39 is 11.8 Å². The molecular weight excluding hydrogens is 430 g/mol. The Balaban J connectivity index is 1.66. The van der Waals surface area contributed by atoms with Gasteiger partial charge in [0, 0.05) is 30.4 Å². The first-order valence-electron chi connectivity index (χ1n) is 10.1. The van der Waals surface area contributed by atoms with Gasteiger partial charge in [-0.1, -0.05) is 0 Å². The SMILES string of the molecule is COc1ccc(N2C(=O)/C(=C/c3ccc(N4CCOCC4)cc3OC)C(=O)NC2=S)cc1. The van der Waals surface area contributed by atoms with E-state index in [0.29, 0.717) is 36.0 Å². The van der Waals surface area contributed by atoms with Gasteiger partial charge in [-0.05, 0) is 54.7 Å². The highest BCUT2D eigenvalue weighted by molar-refractivity contribution is 7.80. The van der Waals surface area contributed by atoms with Crippen LogP contribution >= 0.6 is 12.2 Å². The molecule has 0 atom stereocenters. The Morgan fingerprint density at radius 2 is 1.69 bits per heavy atom. The lowest BCUT2D eigenvalue weighted by atomic mass is 10.1. The molecule has 1 N–H and O–H groups in total. The van der Waals surface area contributed by atoms with Crippen molar-refractivity contribution < 1.29 is 23.8 Å². The van der Waals surface area contributed by atoms with Crippen molar-refractivity contribution in [1.29, 1.82) is 0 Å². The Kier molecular flexibility index (Phi) is 6.38. The monoisotopic (exact) mass is 453 g/mol. The van der Waals surface area contributed by atoms with Gasteiger partial charge in [0.15, 0.2) is 5.11 Å². The van der Waals surface area contributed by atoms with Crippen LogP contribution in [0.2, 0.25) is 0 Å². The van der Waals surface area contributed by atoms with Gasteiger partial charge >= 0.3 is 0 Å². The van der Waals surface area contributed by atoms with Gasteiger partial charge in [0.25, 0.3) is 11.8 Å². The molecule has 9 heteroatoms. The number of rotatable bonds is 5. The molecule has 2 heterocycles. The molecule has 0 aromatic heterocycles. The number of ether oxygens (including phenoxy) is 3. The van der Waals surface area contributed by atoms with Crippen molar-refractivity contribution in [2.75, 3.05) is 50.3 Å². The highest BCUT2D eigenvalue weighted by atomic mass is 32.1. The van der Waals surface area contributed by atoms with Crippen LogP contribution in [0.5, 0.6) is 11.5 Å². The Hall–Kier alpha value is -3.43. The largest absolute Gasteiger partial charge is 0.497 e. The molecule has 166 valence electrons. The zero-order valence-corrected chi connectivity index (χ0v) is 18.6. The lowest BCUT2D eigenvalue weighted by molar-refractivity contribution is -0.122. The average Bonchev–Trinajstić information content (AvgIpc) is 2.82. The molecule has 2 aliphatic heterocycles. The fourth-order valence-electron chi connectivity index (χ4n) is 3.62. The first kappa shape index (κ1) is 21.8. The molecule has 0 radical (unpaired) electrons. The number of morpholine rings is 1. The maximum Gasteiger partial charge on any atom is 0.270 e. The van der Waals surface area contributed by atoms with E-state index in [0.717, 1.165) is 18.8 Å². The number of amides is 2. The molecule has 2 fully saturated rings. The predicted molar refractivity (Wildman–Crippen MR) is 125 cm³/mol. The highest BCUT2D eigenvalue weighted by Crippen LogP contribution is 2.30. The van der Waals surface area contributed by atoms with Crippen molar-refractivity contribution in [2.24, 2.45) is 0 Å². The Bertz CT molecular complexity index is 1080. The minimum absolute atomic E-state index is 0.0250. The standard InChI is InChI=1S/C23H23N3O5S/c1-29-18-7-5-16(6-8-18)26-22(28)19(21(27)24-23(26)32)13-15-3-4-17(14-20(15)30-2)25-9-11-31-12-10-25/h3-8,13-14H,9-12H2,1-2H3,(H,24,27,32)/b19-13+. The maximum atomic E-state index is 13.2. The Morgan fingerprint density at radius 1 is 1.00 bits per heavy atom. The third-order valence-corrected chi connectivity index (χ3v) is 5.61. The molecule has 0 unspecified atom stereocenters. The minimum atomic E-state index is -0.552. The number of thiocarbonyl (C=S) groups is 1. The second kappa shape index (κ2) is 9.37. The van der Waals surface area contributed by atoms with Crippen molar-refractivity contribution in [3.8, 4) is 11.5 Å². The van der Waals surface area contributed by atoms with E-state index in [1.807, 2.05) is 18.2 Å². The maximum absolute atomic E-state index is 13.2. The summed E-state index contributed by atoms with van der Waals surface area (Å²) in [5.74, 6) is 0.146. The van der Waals surface area contributed by atoms with Crippen LogP contribution in [0.3, 0.4) is 0 Å². The van der Waals surface area contributed by atoms with Crippen LogP contribution in [-0.2, 0) is 14.3 Å². The van der Waals surface area contributed by atoms with Crippen molar-refractivity contribution in [3.63, 3.8) is 0 Å². The van der Waals surface area contributed by atoms with Crippen LogP contribution in [0.1, 0.15) is 5.56 Å². The third kappa shape index (κ3) is 4.30. The molecule has 4 rings (SSSR count). The molecule has 2 amide bonds. The molecule has 32 heavy (non-hydrogen) atoms. The van der Waals surface area contributed by atoms with Crippen molar-refractivity contribution >= 4 is 46.6 Å². The number of hydrogen-bond acceptors (Lipinski definition) is 7. The molecule has 2 aliphatic rings. The summed E-state index contributed by atoms with van der Waals surface area (Å²) in [6.07, 6.45) is 1.53. The van der Waals surface area contributed by atoms with E-state index >= 15 is 0 Å². The van der Waals surface area contributed by atoms with Gasteiger partial charge in [0.2, 0.25) is 0 Å². The summed E-state index contributed by atoms with van der Waals surface area (Å²) in [5, 5.41) is 2.62. The number of anilines is 2. The van der Waals surface area contributed by atoms with Crippen LogP contribution in [-0.4, -0.2) is 57.4 Å². The van der Waals surface area contributed by atoms with Gasteiger partial charge < -0.3 is 19.1 Å². The second-order valence-electron chi connectivity index (χ2n) is 7.18. The highest BCUT2D eigenvalue weighted by Gasteiger charge is 2.34. The zero-order chi connectivity index (χ0) is 22.7. The van der Waals surface area contributed by atoms with Gasteiger partial charge in [0.1, 0.15) is 17.1 Å². The number of nitrogens with zero attached hydrogens (tertiary/aromatic N) is 2. The van der Waals surface area contributed by atoms with Gasteiger partial charge in [-0.2, -0.15) is 0 Å². The molecule has 0 aliphatic carbocycles. The van der Waals surface area contributed by atoms with E-state index in [1.54, 1.807) is 38.5 Å². The normalized spacial score (nSPS) is 18.1.